The van der Waals surface area contributed by atoms with Gasteiger partial charge in [-0.1, -0.05) is 35.1 Å². The van der Waals surface area contributed by atoms with E-state index >= 15 is 0 Å². The fourth-order valence-electron chi connectivity index (χ4n) is 3.85. The summed E-state index contributed by atoms with van der Waals surface area (Å²) in [5, 5.41) is 0.459. The summed E-state index contributed by atoms with van der Waals surface area (Å²) in [6.45, 7) is 4.35. The maximum absolute atomic E-state index is 13.1. The third-order valence-corrected chi connectivity index (χ3v) is 8.90. The van der Waals surface area contributed by atoms with Gasteiger partial charge in [-0.15, -0.1) is 0 Å². The number of sulfonamides is 1. The number of fused-ring (bicyclic) bond motifs is 1. The molecule has 2 heterocycles. The predicted octanol–water partition coefficient (Wildman–Crippen LogP) is 3.79. The van der Waals surface area contributed by atoms with Gasteiger partial charge in [-0.2, -0.15) is 9.30 Å². The minimum atomic E-state index is -3.80. The van der Waals surface area contributed by atoms with Crippen LogP contribution in [0.3, 0.4) is 0 Å². The van der Waals surface area contributed by atoms with Crippen molar-refractivity contribution in [3.8, 4) is 0 Å². The largest absolute Gasteiger partial charge is 0.319 e. The summed E-state index contributed by atoms with van der Waals surface area (Å²) in [5.41, 5.74) is 3.28. The molecule has 158 valence electrons. The van der Waals surface area contributed by atoms with Crippen LogP contribution in [0.25, 0.3) is 10.2 Å². The number of rotatable bonds is 3. The molecule has 1 atom stereocenters. The average molecular weight is 464 g/mol. The van der Waals surface area contributed by atoms with E-state index in [1.54, 1.807) is 0 Å². The summed E-state index contributed by atoms with van der Waals surface area (Å²) in [6.07, 6.45) is 1.08. The fourth-order valence-corrected chi connectivity index (χ4v) is 6.80. The molecule has 0 aliphatic carbocycles. The van der Waals surface area contributed by atoms with Crippen LogP contribution in [-0.4, -0.2) is 35.8 Å². The lowest BCUT2D eigenvalue weighted by molar-refractivity contribution is -0.121. The Bertz CT molecular complexity index is 1310. The molecule has 0 N–H and O–H groups in total. The minimum Gasteiger partial charge on any atom is -0.319 e. The zero-order valence-electron chi connectivity index (χ0n) is 16.9. The topological polar surface area (TPSA) is 71.7 Å². The number of amides is 1. The van der Waals surface area contributed by atoms with Crippen molar-refractivity contribution in [1.82, 2.24) is 8.87 Å². The first-order valence-corrected chi connectivity index (χ1v) is 12.3. The van der Waals surface area contributed by atoms with Crippen LogP contribution >= 0.6 is 22.9 Å². The van der Waals surface area contributed by atoms with Gasteiger partial charge in [-0.3, -0.25) is 4.79 Å². The van der Waals surface area contributed by atoms with E-state index < -0.39 is 22.0 Å². The van der Waals surface area contributed by atoms with E-state index in [1.165, 1.54) is 39.9 Å². The molecule has 0 radical (unpaired) electrons. The maximum Gasteiger partial charge on any atom is 0.266 e. The van der Waals surface area contributed by atoms with Crippen LogP contribution in [0.4, 0.5) is 0 Å². The number of aryl methyl sites for hydroxylation is 3. The average Bonchev–Trinajstić information content (AvgIpc) is 3.32. The van der Waals surface area contributed by atoms with Crippen molar-refractivity contribution >= 4 is 49.1 Å². The Morgan fingerprint density at radius 1 is 1.13 bits per heavy atom. The third-order valence-electron chi connectivity index (χ3n) is 5.46. The van der Waals surface area contributed by atoms with E-state index in [2.05, 4.69) is 11.1 Å². The molecule has 1 aliphatic heterocycles. The zero-order valence-corrected chi connectivity index (χ0v) is 19.3. The van der Waals surface area contributed by atoms with Gasteiger partial charge in [-0.25, -0.2) is 8.42 Å². The van der Waals surface area contributed by atoms with Crippen LogP contribution in [-0.2, 0) is 21.9 Å². The number of carbonyl (C=O) groups excluding carboxylic acids is 1. The standard InChI is InChI=1S/C21H22ClN3O3S2/c1-13-6-7-14(2)19-18(13)24(3)21(29-19)23-20(26)17-5-4-12-25(17)30(27,28)16-10-8-15(22)9-11-16/h6-11,17H,4-5,12H2,1-3H3. The van der Waals surface area contributed by atoms with Crippen LogP contribution in [0, 0.1) is 13.8 Å². The molecule has 1 unspecified atom stereocenters. The molecular weight excluding hydrogens is 442 g/mol. The first-order valence-electron chi connectivity index (χ1n) is 9.62. The highest BCUT2D eigenvalue weighted by Crippen LogP contribution is 2.28. The van der Waals surface area contributed by atoms with Crippen molar-refractivity contribution in [2.75, 3.05) is 6.54 Å². The molecular formula is C21H22ClN3O3S2. The van der Waals surface area contributed by atoms with E-state index in [0.29, 0.717) is 29.2 Å². The second-order valence-corrected chi connectivity index (χ2v) is 10.8. The van der Waals surface area contributed by atoms with Crippen LogP contribution in [0.5, 0.6) is 0 Å². The molecule has 0 bridgehead atoms. The second-order valence-electron chi connectivity index (χ2n) is 7.50. The zero-order chi connectivity index (χ0) is 21.6. The number of nitrogens with zero attached hydrogens (tertiary/aromatic N) is 3. The quantitative estimate of drug-likeness (QED) is 0.593. The molecule has 9 heteroatoms. The summed E-state index contributed by atoms with van der Waals surface area (Å²) in [4.78, 5) is 18.1. The number of aromatic nitrogens is 1. The highest BCUT2D eigenvalue weighted by Gasteiger charge is 2.39. The summed E-state index contributed by atoms with van der Waals surface area (Å²) < 4.78 is 30.5. The SMILES string of the molecule is Cc1ccc(C)c2c1sc(=NC(=O)C1CCCN1S(=O)(=O)c1ccc(Cl)cc1)n2C. The number of benzene rings is 2. The molecule has 6 nitrogen and oxygen atoms in total. The number of thiazole rings is 1. The van der Waals surface area contributed by atoms with E-state index in [4.69, 9.17) is 11.6 Å². The molecule has 1 aliphatic rings. The molecule has 1 amide bonds. The lowest BCUT2D eigenvalue weighted by atomic mass is 10.1. The Morgan fingerprint density at radius 2 is 1.80 bits per heavy atom. The summed E-state index contributed by atoms with van der Waals surface area (Å²) >= 11 is 7.33. The van der Waals surface area contributed by atoms with E-state index in [9.17, 15) is 13.2 Å². The number of carbonyl (C=O) groups is 1. The van der Waals surface area contributed by atoms with E-state index in [-0.39, 0.29) is 4.90 Å². The Hall–Kier alpha value is -2.00. The normalized spacial score (nSPS) is 18.4. The number of hydrogen-bond donors (Lipinski definition) is 0. The van der Waals surface area contributed by atoms with Gasteiger partial charge in [0, 0.05) is 18.6 Å². The third kappa shape index (κ3) is 3.62. The lowest BCUT2D eigenvalue weighted by Gasteiger charge is -2.21. The first kappa shape index (κ1) is 21.2. The molecule has 3 aromatic rings. The first-order chi connectivity index (χ1) is 14.2. The van der Waals surface area contributed by atoms with E-state index in [1.807, 2.05) is 31.5 Å². The molecule has 2 aromatic carbocycles. The van der Waals surface area contributed by atoms with Crippen LogP contribution in [0.1, 0.15) is 24.0 Å². The minimum absolute atomic E-state index is 0.130. The van der Waals surface area contributed by atoms with Crippen molar-refractivity contribution in [2.24, 2.45) is 12.0 Å². The van der Waals surface area contributed by atoms with Gasteiger partial charge in [0.25, 0.3) is 5.91 Å². The van der Waals surface area contributed by atoms with Crippen molar-refractivity contribution in [3.63, 3.8) is 0 Å². The van der Waals surface area contributed by atoms with Gasteiger partial charge >= 0.3 is 0 Å². The Kier molecular flexibility index (Phi) is 5.61. The van der Waals surface area contributed by atoms with Gasteiger partial charge in [-0.05, 0) is 62.1 Å². The molecule has 1 fully saturated rings. The Labute approximate surface area is 184 Å². The van der Waals surface area contributed by atoms with E-state index in [0.717, 1.165) is 21.3 Å². The molecule has 30 heavy (non-hydrogen) atoms. The van der Waals surface area contributed by atoms with Gasteiger partial charge in [0.15, 0.2) is 4.80 Å². The second kappa shape index (κ2) is 7.92. The summed E-state index contributed by atoms with van der Waals surface area (Å²) in [6, 6.07) is 9.31. The van der Waals surface area contributed by atoms with Crippen molar-refractivity contribution in [2.45, 2.75) is 37.6 Å². The molecule has 0 spiro atoms. The smallest absolute Gasteiger partial charge is 0.266 e. The molecule has 1 saturated heterocycles. The van der Waals surface area contributed by atoms with Crippen LogP contribution in [0.2, 0.25) is 5.02 Å². The van der Waals surface area contributed by atoms with Gasteiger partial charge < -0.3 is 4.57 Å². The van der Waals surface area contributed by atoms with Crippen LogP contribution in [0.15, 0.2) is 46.3 Å². The van der Waals surface area contributed by atoms with Crippen molar-refractivity contribution < 1.29 is 13.2 Å². The predicted molar refractivity (Wildman–Crippen MR) is 119 cm³/mol. The summed E-state index contributed by atoms with van der Waals surface area (Å²) in [5.74, 6) is -0.428. The molecule has 4 rings (SSSR count). The highest BCUT2D eigenvalue weighted by molar-refractivity contribution is 7.89. The number of hydrogen-bond acceptors (Lipinski definition) is 4. The Morgan fingerprint density at radius 3 is 2.47 bits per heavy atom. The van der Waals surface area contributed by atoms with Crippen LogP contribution < -0.4 is 4.80 Å². The van der Waals surface area contributed by atoms with Crippen molar-refractivity contribution in [1.29, 1.82) is 0 Å². The monoisotopic (exact) mass is 463 g/mol. The molecule has 0 saturated carbocycles. The molecule has 1 aromatic heterocycles. The van der Waals surface area contributed by atoms with Gasteiger partial charge in [0.05, 0.1) is 15.1 Å². The Balaban J connectivity index is 1.72. The van der Waals surface area contributed by atoms with Crippen molar-refractivity contribution in [3.05, 3.63) is 57.3 Å². The fraction of sp³-hybridized carbons (Fsp3) is 0.333. The maximum atomic E-state index is 13.1. The number of halogens is 1. The van der Waals surface area contributed by atoms with Gasteiger partial charge in [0.2, 0.25) is 10.0 Å². The van der Waals surface area contributed by atoms with Gasteiger partial charge in [0.1, 0.15) is 6.04 Å². The summed E-state index contributed by atoms with van der Waals surface area (Å²) in [7, 11) is -1.92. The lowest BCUT2D eigenvalue weighted by Crippen LogP contribution is -2.40. The highest BCUT2D eigenvalue weighted by atomic mass is 35.5.